The summed E-state index contributed by atoms with van der Waals surface area (Å²) in [6.45, 7) is 6.10. The van der Waals surface area contributed by atoms with Crippen LogP contribution in [0.1, 0.15) is 36.2 Å². The summed E-state index contributed by atoms with van der Waals surface area (Å²) in [4.78, 5) is 38.8. The van der Waals surface area contributed by atoms with E-state index >= 15 is 0 Å². The van der Waals surface area contributed by atoms with Crippen molar-refractivity contribution in [3.8, 4) is 6.07 Å². The van der Waals surface area contributed by atoms with Crippen LogP contribution in [0.15, 0.2) is 53.4 Å². The lowest BCUT2D eigenvalue weighted by atomic mass is 10.1. The van der Waals surface area contributed by atoms with Crippen molar-refractivity contribution >= 4 is 45.9 Å². The van der Waals surface area contributed by atoms with Crippen molar-refractivity contribution in [2.24, 2.45) is 5.92 Å². The zero-order valence-corrected chi connectivity index (χ0v) is 20.6. The number of imide groups is 1. The van der Waals surface area contributed by atoms with E-state index in [0.29, 0.717) is 12.1 Å². The van der Waals surface area contributed by atoms with Crippen molar-refractivity contribution in [3.63, 3.8) is 0 Å². The molecule has 4 rings (SSSR count). The number of carbonyl (C=O) groups is 3. The summed E-state index contributed by atoms with van der Waals surface area (Å²) in [5.41, 5.74) is 4.19. The average molecular weight is 488 g/mol. The second-order valence-corrected chi connectivity index (χ2v) is 9.71. The Labute approximate surface area is 208 Å². The summed E-state index contributed by atoms with van der Waals surface area (Å²) in [5.74, 6) is -0.951. The van der Waals surface area contributed by atoms with Crippen LogP contribution in [0.3, 0.4) is 0 Å². The molecule has 178 valence electrons. The number of nitrogens with zero attached hydrogens (tertiary/aromatic N) is 3. The van der Waals surface area contributed by atoms with Gasteiger partial charge in [-0.25, -0.2) is 0 Å². The molecule has 0 spiro atoms. The van der Waals surface area contributed by atoms with E-state index < -0.39 is 23.7 Å². The third-order valence-corrected chi connectivity index (χ3v) is 6.67. The first-order valence-corrected chi connectivity index (χ1v) is 12.1. The SMILES string of the molecule is Cc1c(/C=C2\SC(=O)N(CC(=O)OCC(C)C)C2=O)c2ccccc2n1Cc1ccccc1C#N. The number of para-hydroxylation sites is 1. The Morgan fingerprint density at radius 3 is 2.60 bits per heavy atom. The molecule has 1 aromatic heterocycles. The van der Waals surface area contributed by atoms with Gasteiger partial charge in [0.05, 0.1) is 23.1 Å². The lowest BCUT2D eigenvalue weighted by molar-refractivity contribution is -0.147. The lowest BCUT2D eigenvalue weighted by Crippen LogP contribution is -2.34. The fourth-order valence-electron chi connectivity index (χ4n) is 3.98. The number of thioether (sulfide) groups is 1. The number of hydrogen-bond donors (Lipinski definition) is 0. The van der Waals surface area contributed by atoms with Gasteiger partial charge in [0.15, 0.2) is 0 Å². The van der Waals surface area contributed by atoms with Gasteiger partial charge in [0, 0.05) is 28.7 Å². The molecule has 2 amide bonds. The van der Waals surface area contributed by atoms with Crippen LogP contribution in [0.2, 0.25) is 0 Å². The van der Waals surface area contributed by atoms with Crippen LogP contribution in [-0.2, 0) is 20.9 Å². The number of benzene rings is 2. The van der Waals surface area contributed by atoms with Gasteiger partial charge in [0.1, 0.15) is 6.54 Å². The molecular weight excluding hydrogens is 462 g/mol. The largest absolute Gasteiger partial charge is 0.464 e. The van der Waals surface area contributed by atoms with Gasteiger partial charge in [-0.15, -0.1) is 0 Å². The Balaban J connectivity index is 1.67. The molecule has 0 aliphatic carbocycles. The minimum absolute atomic E-state index is 0.161. The van der Waals surface area contributed by atoms with Crippen LogP contribution < -0.4 is 0 Å². The molecule has 0 N–H and O–H groups in total. The summed E-state index contributed by atoms with van der Waals surface area (Å²) in [7, 11) is 0. The van der Waals surface area contributed by atoms with Crippen LogP contribution in [0.25, 0.3) is 17.0 Å². The Hall–Kier alpha value is -3.83. The second-order valence-electron chi connectivity index (χ2n) is 8.72. The van der Waals surface area contributed by atoms with E-state index in [2.05, 4.69) is 10.6 Å². The number of nitriles is 1. The van der Waals surface area contributed by atoms with Crippen molar-refractivity contribution < 1.29 is 19.1 Å². The fourth-order valence-corrected chi connectivity index (χ4v) is 4.80. The first-order chi connectivity index (χ1) is 16.8. The topological polar surface area (TPSA) is 92.4 Å². The molecule has 1 saturated heterocycles. The van der Waals surface area contributed by atoms with Gasteiger partial charge in [-0.3, -0.25) is 19.3 Å². The highest BCUT2D eigenvalue weighted by Gasteiger charge is 2.37. The van der Waals surface area contributed by atoms with Gasteiger partial charge < -0.3 is 9.30 Å². The highest BCUT2D eigenvalue weighted by Crippen LogP contribution is 2.36. The number of aromatic nitrogens is 1. The van der Waals surface area contributed by atoms with E-state index in [0.717, 1.165) is 44.4 Å². The molecular formula is C27H25N3O4S. The van der Waals surface area contributed by atoms with E-state index in [4.69, 9.17) is 4.74 Å². The van der Waals surface area contributed by atoms with E-state index in [1.807, 2.05) is 63.2 Å². The zero-order chi connectivity index (χ0) is 25.1. The molecule has 0 radical (unpaired) electrons. The fraction of sp³-hybridized carbons (Fsp3) is 0.259. The van der Waals surface area contributed by atoms with Crippen molar-refractivity contribution in [3.05, 3.63) is 75.8 Å². The quantitative estimate of drug-likeness (QED) is 0.340. The highest BCUT2D eigenvalue weighted by atomic mass is 32.2. The molecule has 1 aliphatic rings. The Kier molecular flexibility index (Phi) is 7.08. The second kappa shape index (κ2) is 10.2. The number of ether oxygens (including phenoxy) is 1. The maximum atomic E-state index is 13.0. The maximum absolute atomic E-state index is 13.0. The van der Waals surface area contributed by atoms with Gasteiger partial charge in [0.2, 0.25) is 0 Å². The van der Waals surface area contributed by atoms with Gasteiger partial charge in [-0.2, -0.15) is 5.26 Å². The number of rotatable bonds is 7. The average Bonchev–Trinajstić information content (AvgIpc) is 3.26. The molecule has 1 aliphatic heterocycles. The summed E-state index contributed by atoms with van der Waals surface area (Å²) >= 11 is 0.818. The lowest BCUT2D eigenvalue weighted by Gasteiger charge is -2.12. The van der Waals surface area contributed by atoms with Crippen LogP contribution in [-0.4, -0.2) is 39.7 Å². The van der Waals surface area contributed by atoms with Crippen LogP contribution in [0.5, 0.6) is 0 Å². The van der Waals surface area contributed by atoms with Crippen molar-refractivity contribution in [1.82, 2.24) is 9.47 Å². The van der Waals surface area contributed by atoms with Crippen molar-refractivity contribution in [2.75, 3.05) is 13.2 Å². The van der Waals surface area contributed by atoms with Gasteiger partial charge in [-0.05, 0) is 48.4 Å². The molecule has 2 heterocycles. The summed E-state index contributed by atoms with van der Waals surface area (Å²) in [6, 6.07) is 17.5. The standard InChI is InChI=1S/C27H25N3O4S/c1-17(2)16-34-25(31)15-30-26(32)24(35-27(30)33)12-22-18(3)29(23-11-7-6-10-21(22)23)14-20-9-5-4-8-19(20)13-28/h4-12,17H,14-16H2,1-3H3/b24-12-. The Morgan fingerprint density at radius 1 is 1.14 bits per heavy atom. The molecule has 8 heteroatoms. The summed E-state index contributed by atoms with van der Waals surface area (Å²) in [5, 5.41) is 9.94. The molecule has 0 bridgehead atoms. The number of amides is 2. The smallest absolute Gasteiger partial charge is 0.326 e. The predicted octanol–water partition coefficient (Wildman–Crippen LogP) is 5.11. The predicted molar refractivity (Wildman–Crippen MR) is 135 cm³/mol. The number of fused-ring (bicyclic) bond motifs is 1. The molecule has 7 nitrogen and oxygen atoms in total. The third kappa shape index (κ3) is 5.00. The first kappa shape index (κ1) is 24.3. The molecule has 3 aromatic rings. The van der Waals surface area contributed by atoms with Gasteiger partial charge in [-0.1, -0.05) is 50.2 Å². The van der Waals surface area contributed by atoms with Gasteiger partial charge >= 0.3 is 5.97 Å². The van der Waals surface area contributed by atoms with Gasteiger partial charge in [0.25, 0.3) is 11.1 Å². The molecule has 2 aromatic carbocycles. The van der Waals surface area contributed by atoms with Crippen molar-refractivity contribution in [2.45, 2.75) is 27.3 Å². The van der Waals surface area contributed by atoms with E-state index in [1.54, 1.807) is 12.1 Å². The molecule has 0 unspecified atom stereocenters. The molecule has 0 saturated carbocycles. The van der Waals surface area contributed by atoms with E-state index in [1.165, 1.54) is 0 Å². The summed E-state index contributed by atoms with van der Waals surface area (Å²) < 4.78 is 7.23. The maximum Gasteiger partial charge on any atom is 0.326 e. The molecule has 0 atom stereocenters. The molecule has 1 fully saturated rings. The van der Waals surface area contributed by atoms with Crippen LogP contribution in [0.4, 0.5) is 4.79 Å². The first-order valence-electron chi connectivity index (χ1n) is 11.3. The zero-order valence-electron chi connectivity index (χ0n) is 19.8. The minimum Gasteiger partial charge on any atom is -0.464 e. The monoisotopic (exact) mass is 487 g/mol. The van der Waals surface area contributed by atoms with Crippen molar-refractivity contribution in [1.29, 1.82) is 5.26 Å². The Bertz CT molecular complexity index is 1400. The molecule has 35 heavy (non-hydrogen) atoms. The van der Waals surface area contributed by atoms with Crippen LogP contribution in [0, 0.1) is 24.2 Å². The third-order valence-electron chi connectivity index (χ3n) is 5.76. The Morgan fingerprint density at radius 2 is 1.86 bits per heavy atom. The normalized spacial score (nSPS) is 14.8. The number of esters is 1. The van der Waals surface area contributed by atoms with E-state index in [9.17, 15) is 19.6 Å². The van der Waals surface area contributed by atoms with E-state index in [-0.39, 0.29) is 17.4 Å². The summed E-state index contributed by atoms with van der Waals surface area (Å²) in [6.07, 6.45) is 1.72. The minimum atomic E-state index is -0.605. The highest BCUT2D eigenvalue weighted by molar-refractivity contribution is 8.18. The number of hydrogen-bond acceptors (Lipinski definition) is 6. The number of carbonyl (C=O) groups excluding carboxylic acids is 3. The van der Waals surface area contributed by atoms with Crippen LogP contribution >= 0.6 is 11.8 Å².